The van der Waals surface area contributed by atoms with E-state index in [0.29, 0.717) is 0 Å². The van der Waals surface area contributed by atoms with E-state index in [9.17, 15) is 23.2 Å². The van der Waals surface area contributed by atoms with Gasteiger partial charge in [-0.2, -0.15) is 13.2 Å². The molecule has 0 radical (unpaired) electrons. The molecule has 84 valence electrons. The first-order valence-corrected chi connectivity index (χ1v) is 4.26. The maximum atomic E-state index is 11.7. The standard InChI is InChI=1S/C7H12BF3O3.2K/c1-14-6(5-8(12)13)3-2-4-7(9,10)11;;/h6H,2-5H2,1H3;;/q-2;2*+1. The van der Waals surface area contributed by atoms with Crippen LogP contribution in [-0.4, -0.2) is 26.5 Å². The minimum Gasteiger partial charge on any atom is -0.893 e. The van der Waals surface area contributed by atoms with E-state index in [1.807, 2.05) is 0 Å². The van der Waals surface area contributed by atoms with E-state index in [1.165, 1.54) is 7.11 Å². The summed E-state index contributed by atoms with van der Waals surface area (Å²) in [5, 5.41) is 20.4. The van der Waals surface area contributed by atoms with Gasteiger partial charge >= 0.3 is 109 Å². The van der Waals surface area contributed by atoms with Crippen molar-refractivity contribution in [2.24, 2.45) is 0 Å². The van der Waals surface area contributed by atoms with Gasteiger partial charge in [-0.1, -0.05) is 6.32 Å². The van der Waals surface area contributed by atoms with Crippen LogP contribution < -0.4 is 113 Å². The van der Waals surface area contributed by atoms with Gasteiger partial charge in [0, 0.05) is 19.6 Å². The Bertz CT molecular complexity index is 160. The number of methoxy groups -OCH3 is 1. The van der Waals surface area contributed by atoms with Crippen molar-refractivity contribution in [1.82, 2.24) is 0 Å². The summed E-state index contributed by atoms with van der Waals surface area (Å²) in [5.41, 5.74) is 0. The molecule has 3 nitrogen and oxygen atoms in total. The maximum absolute atomic E-state index is 11.7. The van der Waals surface area contributed by atoms with Crippen molar-refractivity contribution in [3.63, 3.8) is 0 Å². The first-order chi connectivity index (χ1) is 6.35. The normalized spacial score (nSPS) is 12.4. The number of alkyl halides is 3. The topological polar surface area (TPSA) is 55.3 Å². The molecule has 0 aromatic carbocycles. The number of ether oxygens (including phenoxy) is 1. The monoisotopic (exact) mass is 290 g/mol. The molecule has 0 saturated heterocycles. The molecule has 0 aliphatic heterocycles. The molecule has 0 heterocycles. The van der Waals surface area contributed by atoms with Crippen LogP contribution >= 0.6 is 0 Å². The van der Waals surface area contributed by atoms with Crippen molar-refractivity contribution in [3.8, 4) is 0 Å². The molecule has 9 heteroatoms. The summed E-state index contributed by atoms with van der Waals surface area (Å²) in [5.74, 6) is 0. The van der Waals surface area contributed by atoms with Crippen molar-refractivity contribution in [2.75, 3.05) is 7.11 Å². The molecule has 0 bridgehead atoms. The summed E-state index contributed by atoms with van der Waals surface area (Å²) in [4.78, 5) is 0. The van der Waals surface area contributed by atoms with E-state index in [-0.39, 0.29) is 122 Å². The van der Waals surface area contributed by atoms with Crippen molar-refractivity contribution in [3.05, 3.63) is 0 Å². The fourth-order valence-electron chi connectivity index (χ4n) is 1.08. The van der Waals surface area contributed by atoms with E-state index in [1.54, 1.807) is 0 Å². The Morgan fingerprint density at radius 2 is 1.75 bits per heavy atom. The Labute approximate surface area is 179 Å². The minimum absolute atomic E-state index is 0. The average Bonchev–Trinajstić information content (AvgIpc) is 1.99. The van der Waals surface area contributed by atoms with Crippen LogP contribution in [0.5, 0.6) is 0 Å². The van der Waals surface area contributed by atoms with Gasteiger partial charge in [0.05, 0.1) is 0 Å². The number of hydrogen-bond donors (Lipinski definition) is 0. The number of rotatable bonds is 6. The second-order valence-electron chi connectivity index (χ2n) is 3.03. The minimum atomic E-state index is -4.19. The zero-order valence-corrected chi connectivity index (χ0v) is 16.1. The largest absolute Gasteiger partial charge is 1.00 e. The van der Waals surface area contributed by atoms with Crippen LogP contribution in [0.15, 0.2) is 0 Å². The van der Waals surface area contributed by atoms with Gasteiger partial charge in [0.1, 0.15) is 0 Å². The molecule has 0 aromatic heterocycles. The van der Waals surface area contributed by atoms with Crippen LogP contribution in [0, 0.1) is 0 Å². The predicted molar refractivity (Wildman–Crippen MR) is 41.3 cm³/mol. The summed E-state index contributed by atoms with van der Waals surface area (Å²) in [6.45, 7) is 0. The first-order valence-electron chi connectivity index (χ1n) is 4.26. The molecule has 0 spiro atoms. The van der Waals surface area contributed by atoms with Gasteiger partial charge in [-0.05, 0) is 12.8 Å². The first kappa shape index (κ1) is 24.1. The molecule has 1 unspecified atom stereocenters. The molecule has 0 fully saturated rings. The summed E-state index contributed by atoms with van der Waals surface area (Å²) >= 11 is 0. The maximum Gasteiger partial charge on any atom is 1.00 e. The third-order valence-electron chi connectivity index (χ3n) is 1.78. The summed E-state index contributed by atoms with van der Waals surface area (Å²) in [6, 6.07) is 0. The van der Waals surface area contributed by atoms with Crippen molar-refractivity contribution in [2.45, 2.75) is 37.9 Å². The quantitative estimate of drug-likeness (QED) is 0.458. The molecule has 0 N–H and O–H groups in total. The van der Waals surface area contributed by atoms with Gasteiger partial charge < -0.3 is 14.8 Å². The van der Waals surface area contributed by atoms with Crippen molar-refractivity contribution >= 4 is 7.12 Å². The molecule has 0 saturated carbocycles. The Morgan fingerprint density at radius 3 is 2.06 bits per heavy atom. The zero-order chi connectivity index (χ0) is 11.2. The van der Waals surface area contributed by atoms with Crippen LogP contribution in [0.2, 0.25) is 6.32 Å². The Balaban J connectivity index is -0.000000845. The van der Waals surface area contributed by atoms with E-state index >= 15 is 0 Å². The zero-order valence-electron chi connectivity index (χ0n) is 9.84. The summed E-state index contributed by atoms with van der Waals surface area (Å²) in [7, 11) is -0.758. The Hall–Kier alpha value is 3.01. The molecule has 0 aliphatic rings. The predicted octanol–water partition coefficient (Wildman–Crippen LogP) is -6.05. The molecule has 0 amide bonds. The van der Waals surface area contributed by atoms with Gasteiger partial charge in [-0.25, -0.2) is 0 Å². The van der Waals surface area contributed by atoms with E-state index < -0.39 is 25.8 Å². The van der Waals surface area contributed by atoms with Crippen LogP contribution in [0.3, 0.4) is 0 Å². The molecule has 0 aliphatic carbocycles. The number of halogens is 3. The summed E-state index contributed by atoms with van der Waals surface area (Å²) < 4.78 is 39.8. The third kappa shape index (κ3) is 17.0. The van der Waals surface area contributed by atoms with E-state index in [0.717, 1.165) is 0 Å². The molecule has 16 heavy (non-hydrogen) atoms. The smallest absolute Gasteiger partial charge is 0.893 e. The second-order valence-corrected chi connectivity index (χ2v) is 3.03. The fraction of sp³-hybridized carbons (Fsp3) is 1.00. The molecule has 0 aromatic rings. The Morgan fingerprint density at radius 1 is 1.25 bits per heavy atom. The van der Waals surface area contributed by atoms with Gasteiger partial charge in [0.25, 0.3) is 0 Å². The van der Waals surface area contributed by atoms with Crippen LogP contribution in [0.25, 0.3) is 0 Å². The van der Waals surface area contributed by atoms with Crippen LogP contribution in [0.1, 0.15) is 19.3 Å². The number of hydrogen-bond acceptors (Lipinski definition) is 3. The van der Waals surface area contributed by atoms with Gasteiger partial charge in [0.15, 0.2) is 0 Å². The van der Waals surface area contributed by atoms with Crippen molar-refractivity contribution < 1.29 is 131 Å². The molecular weight excluding hydrogens is 278 g/mol. The second kappa shape index (κ2) is 13.0. The van der Waals surface area contributed by atoms with Crippen molar-refractivity contribution in [1.29, 1.82) is 0 Å². The van der Waals surface area contributed by atoms with Gasteiger partial charge in [0.2, 0.25) is 0 Å². The fourth-order valence-corrected chi connectivity index (χ4v) is 1.08. The van der Waals surface area contributed by atoms with Crippen LogP contribution in [-0.2, 0) is 4.74 Å². The van der Waals surface area contributed by atoms with Crippen LogP contribution in [0.4, 0.5) is 13.2 Å². The van der Waals surface area contributed by atoms with Gasteiger partial charge in [-0.15, -0.1) is 7.12 Å². The molecular formula is C7H12BF3K2O3. The average molecular weight is 290 g/mol. The van der Waals surface area contributed by atoms with E-state index in [2.05, 4.69) is 0 Å². The molecule has 1 atom stereocenters. The van der Waals surface area contributed by atoms with E-state index in [4.69, 9.17) is 4.74 Å². The third-order valence-corrected chi connectivity index (χ3v) is 1.78. The Kier molecular flexibility index (Phi) is 19.6. The SMILES string of the molecule is COC(CCCC(F)(F)F)CB([O-])[O-].[K+].[K+]. The molecule has 0 rings (SSSR count). The van der Waals surface area contributed by atoms with Gasteiger partial charge in [-0.3, -0.25) is 0 Å². The summed E-state index contributed by atoms with van der Waals surface area (Å²) in [6.07, 6.45) is -6.06.